The van der Waals surface area contributed by atoms with E-state index in [-0.39, 0.29) is 5.54 Å². The Morgan fingerprint density at radius 2 is 1.70 bits per heavy atom. The van der Waals surface area contributed by atoms with Gasteiger partial charge in [0, 0.05) is 23.5 Å². The number of hydrogen-bond acceptors (Lipinski definition) is 4. The van der Waals surface area contributed by atoms with Gasteiger partial charge in [0.25, 0.3) is 0 Å². The van der Waals surface area contributed by atoms with Crippen molar-refractivity contribution in [1.29, 1.82) is 0 Å². The minimum atomic E-state index is 0.149. The quantitative estimate of drug-likeness (QED) is 0.780. The van der Waals surface area contributed by atoms with E-state index in [1.165, 1.54) is 5.56 Å². The predicted octanol–water partition coefficient (Wildman–Crippen LogP) is 2.95. The summed E-state index contributed by atoms with van der Waals surface area (Å²) in [6.07, 6.45) is 1.99. The lowest BCUT2D eigenvalue weighted by Crippen LogP contribution is -2.37. The van der Waals surface area contributed by atoms with Crippen molar-refractivity contribution in [3.8, 4) is 0 Å². The second-order valence-corrected chi connectivity index (χ2v) is 6.27. The first-order valence-electron chi connectivity index (χ1n) is 7.49. The zero-order valence-electron chi connectivity index (χ0n) is 13.8. The van der Waals surface area contributed by atoms with E-state index in [0.717, 1.165) is 43.2 Å². The van der Waals surface area contributed by atoms with Gasteiger partial charge in [-0.1, -0.05) is 6.92 Å². The fraction of sp³-hybridized carbons (Fsp3) is 0.750. The second-order valence-electron chi connectivity index (χ2n) is 6.27. The van der Waals surface area contributed by atoms with E-state index >= 15 is 0 Å². The summed E-state index contributed by atoms with van der Waals surface area (Å²) in [5.74, 6) is 0.793. The topological polar surface area (TPSA) is 47.0 Å². The number of nitrogens with zero attached hydrogens (tertiary/aromatic N) is 2. The molecule has 0 fully saturated rings. The third kappa shape index (κ3) is 5.97. The van der Waals surface area contributed by atoms with Crippen molar-refractivity contribution in [1.82, 2.24) is 15.3 Å². The van der Waals surface area contributed by atoms with E-state index in [1.807, 2.05) is 0 Å². The number of aryl methyl sites for hydroxylation is 2. The van der Waals surface area contributed by atoms with E-state index in [9.17, 15) is 0 Å². The maximum atomic E-state index is 5.51. The van der Waals surface area contributed by atoms with Crippen LogP contribution in [0, 0.1) is 13.8 Å². The van der Waals surface area contributed by atoms with Crippen LogP contribution >= 0.6 is 0 Å². The van der Waals surface area contributed by atoms with Crippen LogP contribution in [0.3, 0.4) is 0 Å². The van der Waals surface area contributed by atoms with E-state index in [2.05, 4.69) is 56.8 Å². The van der Waals surface area contributed by atoms with Crippen LogP contribution in [-0.2, 0) is 17.8 Å². The zero-order chi connectivity index (χ0) is 15.2. The summed E-state index contributed by atoms with van der Waals surface area (Å²) < 4.78 is 5.51. The average molecular weight is 279 g/mol. The third-order valence-corrected chi connectivity index (χ3v) is 3.08. The molecular weight excluding hydrogens is 250 g/mol. The smallest absolute Gasteiger partial charge is 0.154 e. The third-order valence-electron chi connectivity index (χ3n) is 3.08. The highest BCUT2D eigenvalue weighted by Gasteiger charge is 2.11. The molecular formula is C16H29N3O. The first kappa shape index (κ1) is 17.1. The SMILES string of the molecule is CCCOCc1nc(C)c(CCNC(C)(C)C)c(C)n1. The first-order chi connectivity index (χ1) is 9.33. The summed E-state index contributed by atoms with van der Waals surface area (Å²) >= 11 is 0. The molecule has 0 saturated carbocycles. The summed E-state index contributed by atoms with van der Waals surface area (Å²) in [6, 6.07) is 0. The molecule has 1 N–H and O–H groups in total. The number of rotatable bonds is 7. The summed E-state index contributed by atoms with van der Waals surface area (Å²) in [4.78, 5) is 9.11. The van der Waals surface area contributed by atoms with Crippen LogP contribution in [0.25, 0.3) is 0 Å². The molecule has 0 bridgehead atoms. The van der Waals surface area contributed by atoms with Crippen LogP contribution in [0.15, 0.2) is 0 Å². The molecule has 0 saturated heterocycles. The van der Waals surface area contributed by atoms with Crippen LogP contribution in [-0.4, -0.2) is 28.7 Å². The van der Waals surface area contributed by atoms with Crippen molar-refractivity contribution in [3.63, 3.8) is 0 Å². The maximum absolute atomic E-state index is 5.51. The Morgan fingerprint density at radius 3 is 2.20 bits per heavy atom. The van der Waals surface area contributed by atoms with Gasteiger partial charge in [0.1, 0.15) is 6.61 Å². The molecule has 0 aromatic carbocycles. The molecule has 0 radical (unpaired) electrons. The Labute approximate surface area is 123 Å². The first-order valence-corrected chi connectivity index (χ1v) is 7.49. The molecule has 1 heterocycles. The van der Waals surface area contributed by atoms with Crippen LogP contribution in [0.1, 0.15) is 56.9 Å². The average Bonchev–Trinajstić information content (AvgIpc) is 2.32. The van der Waals surface area contributed by atoms with Gasteiger partial charge in [-0.3, -0.25) is 0 Å². The minimum Gasteiger partial charge on any atom is -0.373 e. The Hall–Kier alpha value is -1.00. The largest absolute Gasteiger partial charge is 0.373 e. The van der Waals surface area contributed by atoms with E-state index in [1.54, 1.807) is 0 Å². The van der Waals surface area contributed by atoms with Crippen LogP contribution in [0.5, 0.6) is 0 Å². The van der Waals surface area contributed by atoms with E-state index in [4.69, 9.17) is 4.74 Å². The molecule has 0 unspecified atom stereocenters. The highest BCUT2D eigenvalue weighted by Crippen LogP contribution is 2.12. The molecule has 1 rings (SSSR count). The molecule has 0 atom stereocenters. The normalized spacial score (nSPS) is 11.9. The van der Waals surface area contributed by atoms with E-state index in [0.29, 0.717) is 6.61 Å². The molecule has 1 aromatic heterocycles. The molecule has 0 aliphatic carbocycles. The van der Waals surface area contributed by atoms with Gasteiger partial charge in [-0.25, -0.2) is 9.97 Å². The maximum Gasteiger partial charge on any atom is 0.154 e. The monoisotopic (exact) mass is 279 g/mol. The lowest BCUT2D eigenvalue weighted by molar-refractivity contribution is 0.116. The van der Waals surface area contributed by atoms with Crippen molar-refractivity contribution >= 4 is 0 Å². The van der Waals surface area contributed by atoms with Crippen molar-refractivity contribution in [3.05, 3.63) is 22.8 Å². The fourth-order valence-corrected chi connectivity index (χ4v) is 2.11. The van der Waals surface area contributed by atoms with Gasteiger partial charge in [-0.2, -0.15) is 0 Å². The Kier molecular flexibility index (Phi) is 6.56. The van der Waals surface area contributed by atoms with Crippen molar-refractivity contribution in [2.24, 2.45) is 0 Å². The molecule has 1 aromatic rings. The zero-order valence-corrected chi connectivity index (χ0v) is 13.8. The van der Waals surface area contributed by atoms with Gasteiger partial charge in [-0.15, -0.1) is 0 Å². The molecule has 0 amide bonds. The Morgan fingerprint density at radius 1 is 1.10 bits per heavy atom. The highest BCUT2D eigenvalue weighted by atomic mass is 16.5. The molecule has 0 aliphatic rings. The molecule has 0 aliphatic heterocycles. The predicted molar refractivity (Wildman–Crippen MR) is 82.9 cm³/mol. The van der Waals surface area contributed by atoms with E-state index < -0.39 is 0 Å². The second kappa shape index (κ2) is 7.70. The van der Waals surface area contributed by atoms with Gasteiger partial charge >= 0.3 is 0 Å². The van der Waals surface area contributed by atoms with Crippen LogP contribution in [0.4, 0.5) is 0 Å². The lowest BCUT2D eigenvalue weighted by atomic mass is 10.1. The summed E-state index contributed by atoms with van der Waals surface area (Å²) in [5, 5.41) is 3.50. The molecule has 20 heavy (non-hydrogen) atoms. The van der Waals surface area contributed by atoms with Gasteiger partial charge in [-0.05, 0) is 59.6 Å². The summed E-state index contributed by atoms with van der Waals surface area (Å²) in [6.45, 7) is 15.0. The molecule has 114 valence electrons. The standard InChI is InChI=1S/C16H29N3O/c1-7-10-20-11-15-18-12(2)14(13(3)19-15)8-9-17-16(4,5)6/h17H,7-11H2,1-6H3. The molecule has 4 heteroatoms. The highest BCUT2D eigenvalue weighted by molar-refractivity contribution is 5.24. The fourth-order valence-electron chi connectivity index (χ4n) is 2.11. The number of aromatic nitrogens is 2. The minimum absolute atomic E-state index is 0.149. The Bertz CT molecular complexity index is 401. The van der Waals surface area contributed by atoms with Crippen LogP contribution in [0.2, 0.25) is 0 Å². The molecule has 4 nitrogen and oxygen atoms in total. The lowest BCUT2D eigenvalue weighted by Gasteiger charge is -2.21. The molecule has 0 spiro atoms. The van der Waals surface area contributed by atoms with Gasteiger partial charge < -0.3 is 10.1 Å². The number of nitrogens with one attached hydrogen (secondary N) is 1. The van der Waals surface area contributed by atoms with Crippen molar-refractivity contribution < 1.29 is 4.74 Å². The van der Waals surface area contributed by atoms with Crippen molar-refractivity contribution in [2.45, 2.75) is 66.5 Å². The number of ether oxygens (including phenoxy) is 1. The van der Waals surface area contributed by atoms with Gasteiger partial charge in [0.15, 0.2) is 5.82 Å². The van der Waals surface area contributed by atoms with Gasteiger partial charge in [0.2, 0.25) is 0 Å². The number of hydrogen-bond donors (Lipinski definition) is 1. The van der Waals surface area contributed by atoms with Crippen LogP contribution < -0.4 is 5.32 Å². The Balaban J connectivity index is 2.64. The summed E-state index contributed by atoms with van der Waals surface area (Å²) in [5.41, 5.74) is 3.55. The van der Waals surface area contributed by atoms with Crippen molar-refractivity contribution in [2.75, 3.05) is 13.2 Å². The summed E-state index contributed by atoms with van der Waals surface area (Å²) in [7, 11) is 0. The van der Waals surface area contributed by atoms with Gasteiger partial charge in [0.05, 0.1) is 0 Å².